The van der Waals surface area contributed by atoms with Crippen molar-refractivity contribution in [3.63, 3.8) is 0 Å². The summed E-state index contributed by atoms with van der Waals surface area (Å²) in [4.78, 5) is 26.3. The number of amides is 1. The van der Waals surface area contributed by atoms with Crippen LogP contribution in [0.5, 0.6) is 0 Å². The van der Waals surface area contributed by atoms with Gasteiger partial charge in [0, 0.05) is 6.42 Å². The lowest BCUT2D eigenvalue weighted by Gasteiger charge is -2.37. The molecule has 0 aliphatic heterocycles. The number of hydrogen-bond donors (Lipinski definition) is 1. The summed E-state index contributed by atoms with van der Waals surface area (Å²) >= 11 is 0. The van der Waals surface area contributed by atoms with Crippen LogP contribution in [0.4, 0.5) is 0 Å². The lowest BCUT2D eigenvalue weighted by atomic mass is 9.80. The molecule has 276 valence electrons. The molecule has 0 aliphatic carbocycles. The number of nitrogens with one attached hydrogen (secondary N) is 1. The molecule has 1 N–H and O–H groups in total. The topological polar surface area (TPSA) is 64.6 Å². The second-order valence-corrected chi connectivity index (χ2v) is 13.6. The lowest BCUT2D eigenvalue weighted by molar-refractivity contribution is -0.122. The van der Waals surface area contributed by atoms with Crippen molar-refractivity contribution in [2.75, 3.05) is 13.2 Å². The summed E-state index contributed by atoms with van der Waals surface area (Å²) in [6.45, 7) is 2.47. The van der Waals surface area contributed by atoms with Crippen molar-refractivity contribution in [3.05, 3.63) is 156 Å². The zero-order valence-electron chi connectivity index (χ0n) is 31.2. The van der Waals surface area contributed by atoms with Gasteiger partial charge in [-0.3, -0.25) is 4.79 Å². The van der Waals surface area contributed by atoms with Crippen LogP contribution in [0, 0.1) is 0 Å². The minimum Gasteiger partial charge on any atom is -0.454 e. The van der Waals surface area contributed by atoms with E-state index < -0.39 is 17.7 Å². The standard InChI is InChI=1S/C47H59NO4/c1-2-3-4-5-6-7-8-9-10-11-12-13-14-15-28-37-45(49)48-38-44(52-46(50)40-29-20-16-21-30-40)39-51-47(41-31-22-17-23-32-41,42-33-24-18-25-34-42)43-35-26-19-27-36-43/h9-10,16-27,29-36,44H,2-8,11-15,28,37-39H2,1H3,(H,48,49). The third-order valence-electron chi connectivity index (χ3n) is 9.50. The maximum absolute atomic E-state index is 13.3. The van der Waals surface area contributed by atoms with Crippen molar-refractivity contribution in [2.24, 2.45) is 0 Å². The molecule has 4 rings (SSSR count). The van der Waals surface area contributed by atoms with Crippen molar-refractivity contribution >= 4 is 11.9 Å². The van der Waals surface area contributed by atoms with Crippen LogP contribution < -0.4 is 5.32 Å². The van der Waals surface area contributed by atoms with Gasteiger partial charge in [-0.1, -0.05) is 180 Å². The largest absolute Gasteiger partial charge is 0.454 e. The van der Waals surface area contributed by atoms with Gasteiger partial charge in [-0.15, -0.1) is 0 Å². The summed E-state index contributed by atoms with van der Waals surface area (Å²) in [6.07, 6.45) is 20.2. The molecule has 0 fully saturated rings. The van der Waals surface area contributed by atoms with Gasteiger partial charge in [0.05, 0.1) is 18.7 Å². The molecule has 0 radical (unpaired) electrons. The number of benzene rings is 4. The van der Waals surface area contributed by atoms with Crippen LogP contribution in [0.1, 0.15) is 124 Å². The van der Waals surface area contributed by atoms with E-state index in [2.05, 4.69) is 60.8 Å². The molecule has 52 heavy (non-hydrogen) atoms. The van der Waals surface area contributed by atoms with Crippen molar-refractivity contribution in [2.45, 2.75) is 109 Å². The highest BCUT2D eigenvalue weighted by Gasteiger charge is 2.38. The minimum absolute atomic E-state index is 0.0428. The summed E-state index contributed by atoms with van der Waals surface area (Å²) in [7, 11) is 0. The van der Waals surface area contributed by atoms with Crippen molar-refractivity contribution in [3.8, 4) is 0 Å². The molecular weight excluding hydrogens is 643 g/mol. The fraction of sp³-hybridized carbons (Fsp3) is 0.404. The van der Waals surface area contributed by atoms with Crippen LogP contribution in [0.3, 0.4) is 0 Å². The Labute approximate surface area is 312 Å². The summed E-state index contributed by atoms with van der Waals surface area (Å²) < 4.78 is 13.0. The maximum Gasteiger partial charge on any atom is 0.338 e. The predicted molar refractivity (Wildman–Crippen MR) is 213 cm³/mol. The molecule has 0 saturated carbocycles. The van der Waals surface area contributed by atoms with Crippen LogP contribution in [0.15, 0.2) is 133 Å². The van der Waals surface area contributed by atoms with Gasteiger partial charge in [0.1, 0.15) is 11.7 Å². The Bertz CT molecular complexity index is 1460. The van der Waals surface area contributed by atoms with E-state index in [1.165, 1.54) is 57.8 Å². The van der Waals surface area contributed by atoms with E-state index in [0.29, 0.717) is 12.0 Å². The first-order valence-corrected chi connectivity index (χ1v) is 19.6. The molecule has 1 amide bonds. The molecule has 5 heteroatoms. The fourth-order valence-corrected chi connectivity index (χ4v) is 6.59. The van der Waals surface area contributed by atoms with Crippen molar-refractivity contribution in [1.82, 2.24) is 5.32 Å². The summed E-state index contributed by atoms with van der Waals surface area (Å²) in [6, 6.07) is 39.2. The molecule has 1 unspecified atom stereocenters. The number of allylic oxidation sites excluding steroid dienone is 2. The van der Waals surface area contributed by atoms with Crippen molar-refractivity contribution < 1.29 is 19.1 Å². The average molecular weight is 702 g/mol. The van der Waals surface area contributed by atoms with Crippen LogP contribution >= 0.6 is 0 Å². The minimum atomic E-state index is -0.977. The van der Waals surface area contributed by atoms with Crippen LogP contribution in [-0.2, 0) is 19.9 Å². The molecule has 5 nitrogen and oxygen atoms in total. The second-order valence-electron chi connectivity index (χ2n) is 13.6. The van der Waals surface area contributed by atoms with Gasteiger partial charge in [-0.2, -0.15) is 0 Å². The third kappa shape index (κ3) is 13.6. The highest BCUT2D eigenvalue weighted by Crippen LogP contribution is 2.40. The Morgan fingerprint density at radius 1 is 0.596 bits per heavy atom. The highest BCUT2D eigenvalue weighted by molar-refractivity contribution is 5.89. The molecule has 0 aromatic heterocycles. The first-order valence-electron chi connectivity index (χ1n) is 19.6. The maximum atomic E-state index is 13.3. The molecule has 0 aliphatic rings. The Balaban J connectivity index is 1.32. The number of ether oxygens (including phenoxy) is 2. The predicted octanol–water partition coefficient (Wildman–Crippen LogP) is 11.4. The van der Waals surface area contributed by atoms with E-state index >= 15 is 0 Å². The van der Waals surface area contributed by atoms with Gasteiger partial charge in [-0.05, 0) is 60.9 Å². The summed E-state index contributed by atoms with van der Waals surface area (Å²) in [5.41, 5.74) is 2.33. The first kappa shape index (κ1) is 40.3. The van der Waals surface area contributed by atoms with E-state index in [0.717, 1.165) is 42.4 Å². The second kappa shape index (κ2) is 23.9. The van der Waals surface area contributed by atoms with E-state index in [1.807, 2.05) is 72.8 Å². The smallest absolute Gasteiger partial charge is 0.338 e. The van der Waals surface area contributed by atoms with Gasteiger partial charge in [0.25, 0.3) is 0 Å². The van der Waals surface area contributed by atoms with Crippen LogP contribution in [-0.4, -0.2) is 31.1 Å². The molecule has 4 aromatic carbocycles. The summed E-state index contributed by atoms with van der Waals surface area (Å²) in [5, 5.41) is 3.04. The lowest BCUT2D eigenvalue weighted by Crippen LogP contribution is -2.41. The molecule has 4 aromatic rings. The molecular formula is C47H59NO4. The van der Waals surface area contributed by atoms with Gasteiger partial charge >= 0.3 is 5.97 Å². The Morgan fingerprint density at radius 3 is 1.54 bits per heavy atom. The van der Waals surface area contributed by atoms with Crippen molar-refractivity contribution in [1.29, 1.82) is 0 Å². The number of carbonyl (C=O) groups is 2. The average Bonchev–Trinajstić information content (AvgIpc) is 3.20. The van der Waals surface area contributed by atoms with Gasteiger partial charge < -0.3 is 14.8 Å². The van der Waals surface area contributed by atoms with E-state index in [1.54, 1.807) is 12.1 Å². The quantitative estimate of drug-likeness (QED) is 0.0323. The third-order valence-corrected chi connectivity index (χ3v) is 9.50. The first-order chi connectivity index (χ1) is 25.6. The highest BCUT2D eigenvalue weighted by atomic mass is 16.6. The number of carbonyl (C=O) groups excluding carboxylic acids is 2. The monoisotopic (exact) mass is 701 g/mol. The van der Waals surface area contributed by atoms with E-state index in [9.17, 15) is 9.59 Å². The molecule has 0 saturated heterocycles. The van der Waals surface area contributed by atoms with Gasteiger partial charge in [-0.25, -0.2) is 4.79 Å². The van der Waals surface area contributed by atoms with Gasteiger partial charge in [0.2, 0.25) is 5.91 Å². The number of esters is 1. The SMILES string of the molecule is CCCCCCCCC=CCCCCCCCC(=O)NCC(COC(c1ccccc1)(c1ccccc1)c1ccccc1)OC(=O)c1ccccc1. The molecule has 0 spiro atoms. The fourth-order valence-electron chi connectivity index (χ4n) is 6.59. The molecule has 1 atom stereocenters. The number of unbranched alkanes of at least 4 members (excludes halogenated alkanes) is 11. The zero-order valence-corrected chi connectivity index (χ0v) is 31.2. The zero-order chi connectivity index (χ0) is 36.5. The summed E-state index contributed by atoms with van der Waals surface area (Å²) in [5.74, 6) is -0.496. The van der Waals surface area contributed by atoms with Crippen LogP contribution in [0.2, 0.25) is 0 Å². The number of rotatable bonds is 25. The number of hydrogen-bond acceptors (Lipinski definition) is 4. The Kier molecular flexibility index (Phi) is 18.5. The van der Waals surface area contributed by atoms with E-state index in [4.69, 9.17) is 9.47 Å². The Morgan fingerprint density at radius 2 is 1.04 bits per heavy atom. The normalized spacial score (nSPS) is 12.1. The molecule has 0 heterocycles. The molecule has 0 bridgehead atoms. The van der Waals surface area contributed by atoms with E-state index in [-0.39, 0.29) is 19.1 Å². The van der Waals surface area contributed by atoms with Crippen LogP contribution in [0.25, 0.3) is 0 Å². The Hall–Kier alpha value is -4.48. The van der Waals surface area contributed by atoms with Gasteiger partial charge in [0.15, 0.2) is 0 Å².